The molecule has 120 valence electrons. The Morgan fingerprint density at radius 2 is 2.14 bits per heavy atom. The minimum atomic E-state index is 0. The predicted molar refractivity (Wildman–Crippen MR) is 84.2 cm³/mol. The molecule has 1 saturated carbocycles. The van der Waals surface area contributed by atoms with E-state index in [4.69, 9.17) is 10.2 Å². The summed E-state index contributed by atoms with van der Waals surface area (Å²) >= 11 is 0. The first-order valence-corrected chi connectivity index (χ1v) is 7.58. The van der Waals surface area contributed by atoms with Gasteiger partial charge in [-0.25, -0.2) is 4.98 Å². The van der Waals surface area contributed by atoms with Crippen LogP contribution in [0.2, 0.25) is 0 Å². The summed E-state index contributed by atoms with van der Waals surface area (Å²) in [6.45, 7) is 2.97. The zero-order valence-electron chi connectivity index (χ0n) is 12.7. The third-order valence-electron chi connectivity index (χ3n) is 4.27. The van der Waals surface area contributed by atoms with E-state index in [0.717, 1.165) is 25.0 Å². The fourth-order valence-electron chi connectivity index (χ4n) is 2.93. The van der Waals surface area contributed by atoms with Crippen LogP contribution in [0.15, 0.2) is 10.6 Å². The van der Waals surface area contributed by atoms with E-state index >= 15 is 0 Å². The highest BCUT2D eigenvalue weighted by atomic mass is 35.5. The molecule has 0 atom stereocenters. The highest BCUT2D eigenvalue weighted by Gasteiger charge is 2.32. The lowest BCUT2D eigenvalue weighted by molar-refractivity contribution is -0.124. The zero-order valence-corrected chi connectivity index (χ0v) is 13.5. The largest absolute Gasteiger partial charge is 0.444 e. The van der Waals surface area contributed by atoms with Crippen LogP contribution in [0, 0.1) is 5.41 Å². The van der Waals surface area contributed by atoms with Gasteiger partial charge in [0.25, 0.3) is 0 Å². The minimum absolute atomic E-state index is 0. The molecule has 1 aromatic rings. The fraction of sp³-hybridized carbons (Fsp3) is 0.733. The molecule has 0 saturated heterocycles. The molecule has 1 fully saturated rings. The lowest BCUT2D eigenvalue weighted by Crippen LogP contribution is -2.38. The van der Waals surface area contributed by atoms with E-state index in [-0.39, 0.29) is 23.7 Å². The van der Waals surface area contributed by atoms with Crippen LogP contribution >= 0.6 is 12.4 Å². The van der Waals surface area contributed by atoms with Crippen molar-refractivity contribution in [2.24, 2.45) is 11.1 Å². The summed E-state index contributed by atoms with van der Waals surface area (Å²) in [5.74, 6) is 1.47. The van der Waals surface area contributed by atoms with Gasteiger partial charge >= 0.3 is 0 Å². The van der Waals surface area contributed by atoms with E-state index in [1.165, 1.54) is 19.3 Å². The van der Waals surface area contributed by atoms with Gasteiger partial charge in [-0.2, -0.15) is 0 Å². The predicted octanol–water partition coefficient (Wildman–Crippen LogP) is 2.57. The van der Waals surface area contributed by atoms with Crippen LogP contribution in [0.3, 0.4) is 0 Å². The quantitative estimate of drug-likeness (QED) is 0.845. The van der Waals surface area contributed by atoms with Crippen LogP contribution in [0.1, 0.15) is 57.1 Å². The van der Waals surface area contributed by atoms with Crippen LogP contribution in [0.5, 0.6) is 0 Å². The third-order valence-corrected chi connectivity index (χ3v) is 4.27. The average molecular weight is 316 g/mol. The molecular formula is C15H26ClN3O2. The maximum Gasteiger partial charge on any atom is 0.221 e. The first-order valence-electron chi connectivity index (χ1n) is 7.58. The highest BCUT2D eigenvalue weighted by molar-refractivity contribution is 5.85. The maximum absolute atomic E-state index is 12.1. The Bertz CT molecular complexity index is 442. The summed E-state index contributed by atoms with van der Waals surface area (Å²) in [5.41, 5.74) is 5.91. The van der Waals surface area contributed by atoms with Gasteiger partial charge in [0.15, 0.2) is 0 Å². The summed E-state index contributed by atoms with van der Waals surface area (Å²) < 4.78 is 5.47. The topological polar surface area (TPSA) is 81.2 Å². The number of carbonyl (C=O) groups excluding carboxylic acids is 1. The lowest BCUT2D eigenvalue weighted by atomic mass is 9.71. The summed E-state index contributed by atoms with van der Waals surface area (Å²) in [7, 11) is 0. The van der Waals surface area contributed by atoms with E-state index in [1.54, 1.807) is 6.20 Å². The Hall–Kier alpha value is -1.07. The molecule has 0 bridgehead atoms. The number of oxazole rings is 1. The van der Waals surface area contributed by atoms with Crippen LogP contribution in [-0.2, 0) is 17.8 Å². The van der Waals surface area contributed by atoms with Gasteiger partial charge in [0.05, 0.1) is 12.7 Å². The maximum atomic E-state index is 12.1. The number of nitrogens with zero attached hydrogens (tertiary/aromatic N) is 1. The first kappa shape index (κ1) is 18.0. The number of amides is 1. The molecule has 0 aromatic carbocycles. The Morgan fingerprint density at radius 1 is 1.43 bits per heavy atom. The second kappa shape index (κ2) is 8.39. The number of carbonyl (C=O) groups is 1. The number of aromatic nitrogens is 1. The van der Waals surface area contributed by atoms with Crippen molar-refractivity contribution < 1.29 is 9.21 Å². The van der Waals surface area contributed by atoms with Gasteiger partial charge in [-0.05, 0) is 24.8 Å². The summed E-state index contributed by atoms with van der Waals surface area (Å²) in [5, 5.41) is 2.89. The molecule has 21 heavy (non-hydrogen) atoms. The molecule has 0 radical (unpaired) electrons. The Balaban J connectivity index is 0.00000220. The van der Waals surface area contributed by atoms with Crippen molar-refractivity contribution >= 4 is 18.3 Å². The van der Waals surface area contributed by atoms with Crippen LogP contribution in [0.4, 0.5) is 0 Å². The number of nitrogens with one attached hydrogen (secondary N) is 1. The molecule has 0 aliphatic heterocycles. The fourth-order valence-corrected chi connectivity index (χ4v) is 2.93. The van der Waals surface area contributed by atoms with Crippen molar-refractivity contribution in [3.63, 3.8) is 0 Å². The van der Waals surface area contributed by atoms with Gasteiger partial charge in [-0.1, -0.05) is 26.2 Å². The molecule has 5 nitrogen and oxygen atoms in total. The Morgan fingerprint density at radius 3 is 2.71 bits per heavy atom. The Labute approximate surface area is 132 Å². The molecular weight excluding hydrogens is 290 g/mol. The van der Waals surface area contributed by atoms with E-state index < -0.39 is 0 Å². The van der Waals surface area contributed by atoms with Crippen molar-refractivity contribution in [3.8, 4) is 0 Å². The smallest absolute Gasteiger partial charge is 0.221 e. The van der Waals surface area contributed by atoms with Gasteiger partial charge in [-0.3, -0.25) is 4.79 Å². The van der Waals surface area contributed by atoms with E-state index in [0.29, 0.717) is 25.4 Å². The second-order valence-corrected chi connectivity index (χ2v) is 5.79. The molecule has 3 N–H and O–H groups in total. The summed E-state index contributed by atoms with van der Waals surface area (Å²) in [6, 6.07) is 0. The first-order chi connectivity index (χ1) is 9.67. The van der Waals surface area contributed by atoms with E-state index in [9.17, 15) is 4.79 Å². The number of nitrogens with two attached hydrogens (primary N) is 1. The molecule has 1 amide bonds. The highest BCUT2D eigenvalue weighted by Crippen LogP contribution is 2.38. The van der Waals surface area contributed by atoms with Crippen LogP contribution in [-0.4, -0.2) is 17.4 Å². The lowest BCUT2D eigenvalue weighted by Gasteiger charge is -2.35. The number of hydrogen-bond acceptors (Lipinski definition) is 4. The van der Waals surface area contributed by atoms with Gasteiger partial charge in [0, 0.05) is 12.8 Å². The molecule has 1 heterocycles. The number of aryl methyl sites for hydroxylation is 1. The molecule has 2 rings (SSSR count). The van der Waals surface area contributed by atoms with Crippen molar-refractivity contribution in [1.82, 2.24) is 10.3 Å². The van der Waals surface area contributed by atoms with Crippen LogP contribution < -0.4 is 11.1 Å². The molecule has 1 aromatic heterocycles. The number of hydrogen-bond donors (Lipinski definition) is 2. The molecule has 0 unspecified atom stereocenters. The van der Waals surface area contributed by atoms with Crippen LogP contribution in [0.25, 0.3) is 0 Å². The SMILES string of the molecule is CCc1cnc(CNC(=O)CC2(CN)CCCCC2)o1.Cl. The molecule has 6 heteroatoms. The van der Waals surface area contributed by atoms with Gasteiger partial charge < -0.3 is 15.5 Å². The molecule has 1 aliphatic carbocycles. The van der Waals surface area contributed by atoms with Crippen molar-refractivity contribution in [2.45, 2.75) is 58.4 Å². The van der Waals surface area contributed by atoms with Crippen molar-refractivity contribution in [2.75, 3.05) is 6.54 Å². The summed E-state index contributed by atoms with van der Waals surface area (Å²) in [6.07, 6.45) is 8.81. The Kier molecular flexibility index (Phi) is 7.18. The van der Waals surface area contributed by atoms with Gasteiger partial charge in [0.2, 0.25) is 11.8 Å². The third kappa shape index (κ3) is 5.00. The number of halogens is 1. The number of rotatable bonds is 6. The minimum Gasteiger partial charge on any atom is -0.444 e. The van der Waals surface area contributed by atoms with Gasteiger partial charge in [-0.15, -0.1) is 12.4 Å². The molecule has 0 spiro atoms. The zero-order chi connectivity index (χ0) is 14.4. The second-order valence-electron chi connectivity index (χ2n) is 5.79. The van der Waals surface area contributed by atoms with E-state index in [2.05, 4.69) is 10.3 Å². The summed E-state index contributed by atoms with van der Waals surface area (Å²) in [4.78, 5) is 16.2. The van der Waals surface area contributed by atoms with E-state index in [1.807, 2.05) is 6.92 Å². The standard InChI is InChI=1S/C15H25N3O2.ClH/c1-2-12-9-18-14(20-12)10-17-13(19)8-15(11-16)6-4-3-5-7-15;/h9H,2-8,10-11,16H2,1H3,(H,17,19);1H. The molecule has 1 aliphatic rings. The normalized spacial score (nSPS) is 17.0. The average Bonchev–Trinajstić information content (AvgIpc) is 2.94. The van der Waals surface area contributed by atoms with Gasteiger partial charge in [0.1, 0.15) is 5.76 Å². The monoisotopic (exact) mass is 315 g/mol. The van der Waals surface area contributed by atoms with Crippen molar-refractivity contribution in [1.29, 1.82) is 0 Å². The van der Waals surface area contributed by atoms with Crippen molar-refractivity contribution in [3.05, 3.63) is 17.8 Å².